The van der Waals surface area contributed by atoms with Gasteiger partial charge in [-0.25, -0.2) is 14.6 Å². The molecule has 0 saturated heterocycles. The molecule has 1 heterocycles. The molecule has 0 aliphatic carbocycles. The highest BCUT2D eigenvalue weighted by Gasteiger charge is 2.20. The normalized spacial score (nSPS) is 11.5. The van der Waals surface area contributed by atoms with Gasteiger partial charge < -0.3 is 14.2 Å². The van der Waals surface area contributed by atoms with Crippen molar-refractivity contribution < 1.29 is 23.8 Å². The van der Waals surface area contributed by atoms with Gasteiger partial charge in [0, 0.05) is 6.20 Å². The maximum atomic E-state index is 11.4. The van der Waals surface area contributed by atoms with E-state index < -0.39 is 18.0 Å². The maximum Gasteiger partial charge on any atom is 0.360 e. The lowest BCUT2D eigenvalue weighted by atomic mass is 10.3. The first kappa shape index (κ1) is 14.0. The average molecular weight is 253 g/mol. The highest BCUT2D eigenvalue weighted by molar-refractivity contribution is 5.90. The molecule has 0 amide bonds. The van der Waals surface area contributed by atoms with Crippen molar-refractivity contribution >= 4 is 11.9 Å². The molecule has 0 fully saturated rings. The second-order valence-electron chi connectivity index (χ2n) is 3.35. The van der Waals surface area contributed by atoms with Crippen LogP contribution in [-0.4, -0.2) is 36.7 Å². The molecule has 1 aromatic heterocycles. The zero-order valence-corrected chi connectivity index (χ0v) is 10.5. The van der Waals surface area contributed by atoms with Crippen LogP contribution >= 0.6 is 0 Å². The summed E-state index contributed by atoms with van der Waals surface area (Å²) in [6.45, 7) is 3.50. The minimum atomic E-state index is -0.822. The number of nitrogens with zero attached hydrogens (tertiary/aromatic N) is 1. The quantitative estimate of drug-likeness (QED) is 0.734. The fourth-order valence-electron chi connectivity index (χ4n) is 1.23. The van der Waals surface area contributed by atoms with Crippen molar-refractivity contribution in [2.24, 2.45) is 0 Å². The zero-order chi connectivity index (χ0) is 13.5. The molecule has 1 aromatic rings. The van der Waals surface area contributed by atoms with Gasteiger partial charge in [-0.05, 0) is 26.0 Å². The Morgan fingerprint density at radius 2 is 2.17 bits per heavy atom. The van der Waals surface area contributed by atoms with Crippen LogP contribution in [0.1, 0.15) is 24.3 Å². The summed E-state index contributed by atoms with van der Waals surface area (Å²) in [5.74, 6) is -0.941. The van der Waals surface area contributed by atoms with Gasteiger partial charge >= 0.3 is 11.9 Å². The van der Waals surface area contributed by atoms with Crippen LogP contribution in [0.4, 0.5) is 0 Å². The Balaban J connectivity index is 2.84. The maximum absolute atomic E-state index is 11.4. The number of hydrogen-bond acceptors (Lipinski definition) is 6. The minimum Gasteiger partial charge on any atom is -0.476 e. The van der Waals surface area contributed by atoms with E-state index >= 15 is 0 Å². The highest BCUT2D eigenvalue weighted by atomic mass is 16.6. The third-order valence-corrected chi connectivity index (χ3v) is 2.07. The van der Waals surface area contributed by atoms with Gasteiger partial charge in [-0.1, -0.05) is 0 Å². The van der Waals surface area contributed by atoms with Crippen LogP contribution in [0.3, 0.4) is 0 Å². The first-order valence-electron chi connectivity index (χ1n) is 5.46. The van der Waals surface area contributed by atoms with Crippen molar-refractivity contribution in [1.29, 1.82) is 0 Å². The molecule has 0 aliphatic heterocycles. The van der Waals surface area contributed by atoms with Gasteiger partial charge in [0.25, 0.3) is 0 Å². The van der Waals surface area contributed by atoms with E-state index in [2.05, 4.69) is 9.72 Å². The topological polar surface area (TPSA) is 74.7 Å². The molecule has 0 spiro atoms. The standard InChI is InChI=1S/C12H15NO5/c1-4-17-11(14)8(2)18-9-6-5-7-13-10(9)12(15)16-3/h5-8H,4H2,1-3H3/t8-/m0/s1. The van der Waals surface area contributed by atoms with E-state index in [4.69, 9.17) is 9.47 Å². The monoisotopic (exact) mass is 253 g/mol. The Hall–Kier alpha value is -2.11. The van der Waals surface area contributed by atoms with Crippen LogP contribution in [0, 0.1) is 0 Å². The van der Waals surface area contributed by atoms with E-state index in [9.17, 15) is 9.59 Å². The van der Waals surface area contributed by atoms with Crippen LogP contribution in [0.5, 0.6) is 5.75 Å². The molecule has 98 valence electrons. The van der Waals surface area contributed by atoms with Gasteiger partial charge in [0.15, 0.2) is 17.5 Å². The number of esters is 2. The molecule has 0 N–H and O–H groups in total. The smallest absolute Gasteiger partial charge is 0.360 e. The van der Waals surface area contributed by atoms with Crippen LogP contribution < -0.4 is 4.74 Å². The van der Waals surface area contributed by atoms with Crippen molar-refractivity contribution in [3.8, 4) is 5.75 Å². The molecule has 18 heavy (non-hydrogen) atoms. The lowest BCUT2D eigenvalue weighted by Crippen LogP contribution is -2.27. The van der Waals surface area contributed by atoms with E-state index in [1.807, 2.05) is 0 Å². The molecule has 0 bridgehead atoms. The number of hydrogen-bond donors (Lipinski definition) is 0. The fraction of sp³-hybridized carbons (Fsp3) is 0.417. The van der Waals surface area contributed by atoms with E-state index in [-0.39, 0.29) is 18.1 Å². The van der Waals surface area contributed by atoms with Crippen LogP contribution in [0.25, 0.3) is 0 Å². The number of carbonyl (C=O) groups excluding carboxylic acids is 2. The van der Waals surface area contributed by atoms with Gasteiger partial charge in [0.2, 0.25) is 0 Å². The third kappa shape index (κ3) is 3.44. The third-order valence-electron chi connectivity index (χ3n) is 2.07. The molecule has 0 radical (unpaired) electrons. The first-order valence-corrected chi connectivity index (χ1v) is 5.46. The zero-order valence-electron chi connectivity index (χ0n) is 10.5. The molecule has 6 nitrogen and oxygen atoms in total. The van der Waals surface area contributed by atoms with E-state index in [0.717, 1.165) is 0 Å². The molecule has 0 aromatic carbocycles. The van der Waals surface area contributed by atoms with Crippen molar-refractivity contribution in [1.82, 2.24) is 4.98 Å². The predicted molar refractivity (Wildman–Crippen MR) is 62.3 cm³/mol. The summed E-state index contributed by atoms with van der Waals surface area (Å²) in [5, 5.41) is 0. The minimum absolute atomic E-state index is 0.0242. The second kappa shape index (κ2) is 6.58. The van der Waals surface area contributed by atoms with Crippen molar-refractivity contribution in [2.75, 3.05) is 13.7 Å². The summed E-state index contributed by atoms with van der Waals surface area (Å²) in [5.41, 5.74) is 0.0242. The van der Waals surface area contributed by atoms with Gasteiger partial charge in [-0.15, -0.1) is 0 Å². The number of carbonyl (C=O) groups is 2. The molecule has 1 rings (SSSR count). The molecule has 0 unspecified atom stereocenters. The Bertz CT molecular complexity index is 432. The SMILES string of the molecule is CCOC(=O)[C@H](C)Oc1cccnc1C(=O)OC. The average Bonchev–Trinajstić information content (AvgIpc) is 2.38. The summed E-state index contributed by atoms with van der Waals surface area (Å²) in [4.78, 5) is 26.7. The van der Waals surface area contributed by atoms with Gasteiger partial charge in [-0.2, -0.15) is 0 Å². The number of rotatable bonds is 5. The van der Waals surface area contributed by atoms with Crippen LogP contribution in [0.15, 0.2) is 18.3 Å². The van der Waals surface area contributed by atoms with Gasteiger partial charge in [0.1, 0.15) is 0 Å². The number of aromatic nitrogens is 1. The van der Waals surface area contributed by atoms with Crippen LogP contribution in [0.2, 0.25) is 0 Å². The summed E-state index contributed by atoms with van der Waals surface area (Å²) >= 11 is 0. The summed E-state index contributed by atoms with van der Waals surface area (Å²) in [6, 6.07) is 3.13. The predicted octanol–water partition coefficient (Wildman–Crippen LogP) is 1.20. The molecule has 1 atom stereocenters. The summed E-state index contributed by atoms with van der Waals surface area (Å²) in [7, 11) is 1.25. The number of pyridine rings is 1. The lowest BCUT2D eigenvalue weighted by Gasteiger charge is -2.14. The second-order valence-corrected chi connectivity index (χ2v) is 3.35. The Morgan fingerprint density at radius 1 is 1.44 bits per heavy atom. The number of ether oxygens (including phenoxy) is 3. The Kier molecular flexibility index (Phi) is 5.10. The molecule has 0 aliphatic rings. The van der Waals surface area contributed by atoms with E-state index in [1.54, 1.807) is 13.0 Å². The van der Waals surface area contributed by atoms with E-state index in [1.165, 1.54) is 26.3 Å². The summed E-state index contributed by atoms with van der Waals surface area (Å²) < 4.78 is 14.7. The Morgan fingerprint density at radius 3 is 2.78 bits per heavy atom. The first-order chi connectivity index (χ1) is 8.60. The molecular weight excluding hydrogens is 238 g/mol. The van der Waals surface area contributed by atoms with Crippen molar-refractivity contribution in [3.05, 3.63) is 24.0 Å². The molecular formula is C12H15NO5. The lowest BCUT2D eigenvalue weighted by molar-refractivity contribution is -0.150. The van der Waals surface area contributed by atoms with Gasteiger partial charge in [0.05, 0.1) is 13.7 Å². The summed E-state index contributed by atoms with van der Waals surface area (Å²) in [6.07, 6.45) is 0.617. The van der Waals surface area contributed by atoms with Crippen molar-refractivity contribution in [3.63, 3.8) is 0 Å². The number of methoxy groups -OCH3 is 1. The van der Waals surface area contributed by atoms with Crippen LogP contribution in [-0.2, 0) is 14.3 Å². The molecule has 6 heteroatoms. The highest BCUT2D eigenvalue weighted by Crippen LogP contribution is 2.18. The Labute approximate surface area is 105 Å². The molecule has 0 saturated carbocycles. The van der Waals surface area contributed by atoms with E-state index in [0.29, 0.717) is 0 Å². The van der Waals surface area contributed by atoms with Crippen molar-refractivity contribution in [2.45, 2.75) is 20.0 Å². The van der Waals surface area contributed by atoms with Gasteiger partial charge in [-0.3, -0.25) is 0 Å². The fourth-order valence-corrected chi connectivity index (χ4v) is 1.23. The largest absolute Gasteiger partial charge is 0.476 e.